The van der Waals surface area contributed by atoms with Crippen LogP contribution in [0.4, 0.5) is 0 Å². The van der Waals surface area contributed by atoms with E-state index in [9.17, 15) is 39.0 Å². The van der Waals surface area contributed by atoms with E-state index in [0.717, 1.165) is 10.3 Å². The lowest BCUT2D eigenvalue weighted by Gasteiger charge is -2.55. The fraction of sp³-hybridized carbons (Fsp3) is 0.407. The van der Waals surface area contributed by atoms with Gasteiger partial charge in [-0.3, -0.25) is 29.0 Å². The van der Waals surface area contributed by atoms with Gasteiger partial charge in [-0.25, -0.2) is 14.3 Å². The van der Waals surface area contributed by atoms with Crippen molar-refractivity contribution in [3.05, 3.63) is 46.9 Å². The minimum absolute atomic E-state index is 0. The first-order valence-corrected chi connectivity index (χ1v) is 15.2. The molecule has 0 saturated carbocycles. The van der Waals surface area contributed by atoms with E-state index in [0.29, 0.717) is 18.0 Å². The van der Waals surface area contributed by atoms with Gasteiger partial charge in [-0.15, -0.1) is 29.3 Å². The topological polar surface area (TPSA) is 208 Å². The molecule has 0 bridgehead atoms. The number of carboxylic acid groups (broad SMARTS) is 2. The molecule has 244 valence electrons. The van der Waals surface area contributed by atoms with E-state index < -0.39 is 52.5 Å². The summed E-state index contributed by atoms with van der Waals surface area (Å²) in [5, 5.41) is 34.4. The molecule has 3 aliphatic rings. The van der Waals surface area contributed by atoms with Crippen LogP contribution in [0.2, 0.25) is 0 Å². The highest BCUT2D eigenvalue weighted by molar-refractivity contribution is 8.00. The average Bonchev–Trinajstić information content (AvgIpc) is 3.58. The number of tetrazole rings is 1. The number of benzene rings is 1. The quantitative estimate of drug-likeness (QED) is 0.145. The van der Waals surface area contributed by atoms with Gasteiger partial charge in [0.2, 0.25) is 5.91 Å². The highest BCUT2D eigenvalue weighted by Crippen LogP contribution is 2.47. The summed E-state index contributed by atoms with van der Waals surface area (Å²) in [5.41, 5.74) is -1.53. The van der Waals surface area contributed by atoms with E-state index >= 15 is 0 Å². The molecule has 1 aromatic heterocycles. The molecule has 1 aromatic carbocycles. The molecule has 2 aromatic rings. The molecule has 3 atom stereocenters. The number of thioether (sulfide) groups is 1. The van der Waals surface area contributed by atoms with Crippen LogP contribution in [0.25, 0.3) is 5.57 Å². The van der Waals surface area contributed by atoms with E-state index in [4.69, 9.17) is 12.2 Å². The normalized spacial score (nSPS) is 20.9. The molecule has 16 nitrogen and oxygen atoms in total. The number of hydrogen-bond donors (Lipinski definition) is 3. The Morgan fingerprint density at radius 2 is 1.83 bits per heavy atom. The molecule has 3 aliphatic heterocycles. The van der Waals surface area contributed by atoms with E-state index in [1.807, 2.05) is 19.0 Å². The maximum absolute atomic E-state index is 13.5. The third-order valence-corrected chi connectivity index (χ3v) is 9.43. The largest absolute Gasteiger partial charge is 0.480 e. The van der Waals surface area contributed by atoms with Crippen LogP contribution in [0, 0.1) is 0 Å². The number of carbonyl (C=O) groups excluding carboxylic acids is 4. The number of nitrogens with one attached hydrogen (secondary N) is 1. The molecule has 46 heavy (non-hydrogen) atoms. The number of carbonyl (C=O) groups is 6. The number of aromatic nitrogens is 4. The summed E-state index contributed by atoms with van der Waals surface area (Å²) in [7, 11) is 3.73. The van der Waals surface area contributed by atoms with Crippen molar-refractivity contribution < 1.29 is 39.0 Å². The molecule has 0 aliphatic carbocycles. The number of amides is 4. The van der Waals surface area contributed by atoms with Crippen LogP contribution in [0.5, 0.6) is 0 Å². The number of thiocarbonyl (C=S) groups is 1. The zero-order chi connectivity index (χ0) is 32.6. The Bertz CT molecular complexity index is 1630. The van der Waals surface area contributed by atoms with Gasteiger partial charge in [0.1, 0.15) is 17.1 Å². The third kappa shape index (κ3) is 5.88. The highest BCUT2D eigenvalue weighted by atomic mass is 35.5. The average molecular weight is 693 g/mol. The van der Waals surface area contributed by atoms with Crippen LogP contribution in [0.3, 0.4) is 0 Å². The summed E-state index contributed by atoms with van der Waals surface area (Å²) in [5.74, 6) is -5.30. The predicted molar refractivity (Wildman–Crippen MR) is 168 cm³/mol. The Labute approximate surface area is 277 Å². The minimum Gasteiger partial charge on any atom is -0.480 e. The second-order valence-electron chi connectivity index (χ2n) is 10.8. The Kier molecular flexibility index (Phi) is 10.2. The van der Waals surface area contributed by atoms with Crippen molar-refractivity contribution in [3.63, 3.8) is 0 Å². The number of carboxylic acids is 2. The number of aliphatic carboxylic acids is 2. The first-order valence-electron chi connectivity index (χ1n) is 13.7. The van der Waals surface area contributed by atoms with E-state index in [2.05, 4.69) is 20.8 Å². The zero-order valence-corrected chi connectivity index (χ0v) is 26.9. The van der Waals surface area contributed by atoms with E-state index in [1.165, 1.54) is 28.6 Å². The van der Waals surface area contributed by atoms with Crippen LogP contribution >= 0.6 is 36.4 Å². The first kappa shape index (κ1) is 34.6. The number of halogens is 1. The van der Waals surface area contributed by atoms with Gasteiger partial charge < -0.3 is 20.4 Å². The van der Waals surface area contributed by atoms with E-state index in [-0.39, 0.29) is 65.6 Å². The zero-order valence-electron chi connectivity index (χ0n) is 24.5. The number of likely N-dealkylation sites (N-methyl/N-ethyl adjacent to an activating group) is 1. The molecule has 4 heterocycles. The summed E-state index contributed by atoms with van der Waals surface area (Å²) in [6.45, 7) is 0.959. The van der Waals surface area contributed by atoms with Crippen molar-refractivity contribution in [1.82, 2.24) is 40.2 Å². The highest BCUT2D eigenvalue weighted by Gasteiger charge is 2.64. The number of imide groups is 1. The fourth-order valence-corrected chi connectivity index (χ4v) is 7.28. The SMILES string of the molecule is CN(C)CCn1nnnc1C1=C(C(=O)O)N2C(=O)[C@@](C=S)(NC(=O)CCCC(C(=O)O)N3C(=O)c4ccccc4C3=O)[C@@H]2SC1.Cl. The second-order valence-corrected chi connectivity index (χ2v) is 12.1. The molecule has 0 radical (unpaired) electrons. The molecule has 5 rings (SSSR count). The first-order chi connectivity index (χ1) is 21.4. The Morgan fingerprint density at radius 1 is 1.17 bits per heavy atom. The standard InChI is InChI=1S/C27H28N8O8S2.ClH/c1-32(2)10-11-33-20(29-30-31-33)16-12-45-26-27(13-44,25(43)35(26)19(16)24(41)42)28-18(36)9-5-8-17(23(39)40)34-21(37)14-6-3-4-7-15(14)22(34)38;/h3-4,6-7,13,17,26H,5,8-12H2,1-2H3,(H,28,36)(H,39,40)(H,41,42);1H/t17?,26-,27+;/m0./s1. The molecule has 4 amide bonds. The number of rotatable bonds is 13. The van der Waals surface area contributed by atoms with Crippen LogP contribution in [-0.2, 0) is 25.7 Å². The van der Waals surface area contributed by atoms with Crippen LogP contribution < -0.4 is 5.32 Å². The van der Waals surface area contributed by atoms with Crippen molar-refractivity contribution >= 4 is 82.9 Å². The van der Waals surface area contributed by atoms with Crippen LogP contribution in [-0.4, -0.2) is 129 Å². The Balaban J connectivity index is 0.00000480. The lowest BCUT2D eigenvalue weighted by Crippen LogP contribution is -2.80. The van der Waals surface area contributed by atoms with Gasteiger partial charge in [-0.05, 0) is 49.5 Å². The summed E-state index contributed by atoms with van der Waals surface area (Å²) in [6, 6.07) is 4.51. The minimum atomic E-state index is -1.69. The number of β-lactam (4-membered cyclic amide) rings is 1. The predicted octanol–water partition coefficient (Wildman–Crippen LogP) is 0.142. The number of fused-ring (bicyclic) bond motifs is 2. The van der Waals surface area contributed by atoms with E-state index in [1.54, 1.807) is 12.1 Å². The van der Waals surface area contributed by atoms with Gasteiger partial charge in [-0.1, -0.05) is 24.4 Å². The van der Waals surface area contributed by atoms with Gasteiger partial charge in [-0.2, -0.15) is 0 Å². The molecule has 0 spiro atoms. The molecule has 1 saturated heterocycles. The third-order valence-electron chi connectivity index (χ3n) is 7.71. The molecule has 1 fully saturated rings. The van der Waals surface area contributed by atoms with Gasteiger partial charge >= 0.3 is 11.9 Å². The molecule has 3 N–H and O–H groups in total. The molecular formula is C27H29ClN8O8S2. The van der Waals surface area contributed by atoms with Crippen LogP contribution in [0.15, 0.2) is 30.0 Å². The Morgan fingerprint density at radius 3 is 2.39 bits per heavy atom. The summed E-state index contributed by atoms with van der Waals surface area (Å²) < 4.78 is 1.46. The van der Waals surface area contributed by atoms with Crippen molar-refractivity contribution in [2.45, 2.75) is 42.8 Å². The summed E-state index contributed by atoms with van der Waals surface area (Å²) >= 11 is 6.34. The smallest absolute Gasteiger partial charge is 0.353 e. The number of hydrogen-bond acceptors (Lipinski definition) is 12. The number of nitrogens with zero attached hydrogens (tertiary/aromatic N) is 7. The van der Waals surface area contributed by atoms with Crippen molar-refractivity contribution in [2.75, 3.05) is 26.4 Å². The van der Waals surface area contributed by atoms with Crippen LogP contribution in [0.1, 0.15) is 45.8 Å². The monoisotopic (exact) mass is 692 g/mol. The van der Waals surface area contributed by atoms with Gasteiger partial charge in [0.05, 0.1) is 17.7 Å². The van der Waals surface area contributed by atoms with Gasteiger partial charge in [0, 0.05) is 29.7 Å². The van der Waals surface area contributed by atoms with Gasteiger partial charge in [0.15, 0.2) is 11.4 Å². The van der Waals surface area contributed by atoms with Crippen molar-refractivity contribution in [3.8, 4) is 0 Å². The molecule has 1 unspecified atom stereocenters. The summed E-state index contributed by atoms with van der Waals surface area (Å²) in [6.07, 6.45) is -0.510. The second kappa shape index (κ2) is 13.6. The lowest BCUT2D eigenvalue weighted by molar-refractivity contribution is -0.153. The maximum atomic E-state index is 13.5. The molecular weight excluding hydrogens is 664 g/mol. The van der Waals surface area contributed by atoms with Crippen molar-refractivity contribution in [1.29, 1.82) is 0 Å². The molecule has 19 heteroatoms. The maximum Gasteiger partial charge on any atom is 0.353 e. The summed E-state index contributed by atoms with van der Waals surface area (Å²) in [4.78, 5) is 80.2. The van der Waals surface area contributed by atoms with Crippen molar-refractivity contribution in [2.24, 2.45) is 0 Å². The Hall–Kier alpha value is -4.26. The fourth-order valence-electron chi connectivity index (χ4n) is 5.47. The van der Waals surface area contributed by atoms with Gasteiger partial charge in [0.25, 0.3) is 17.7 Å². The lowest BCUT2D eigenvalue weighted by atomic mass is 9.87.